The summed E-state index contributed by atoms with van der Waals surface area (Å²) in [6, 6.07) is 7.01. The third kappa shape index (κ3) is 3.33. The van der Waals surface area contributed by atoms with Crippen LogP contribution in [0.4, 0.5) is 11.4 Å². The van der Waals surface area contributed by atoms with E-state index in [2.05, 4.69) is 42.2 Å². The van der Waals surface area contributed by atoms with E-state index in [1.54, 1.807) is 6.07 Å². The molecule has 19 heavy (non-hydrogen) atoms. The summed E-state index contributed by atoms with van der Waals surface area (Å²) < 4.78 is 1.60. The van der Waals surface area contributed by atoms with E-state index in [1.807, 2.05) is 19.1 Å². The first kappa shape index (κ1) is 14.0. The molecule has 0 atom stereocenters. The van der Waals surface area contributed by atoms with Gasteiger partial charge in [0.05, 0.1) is 5.69 Å². The van der Waals surface area contributed by atoms with E-state index in [1.165, 1.54) is 12.3 Å². The smallest absolute Gasteiger partial charge is 0.274 e. The first-order valence-corrected chi connectivity index (χ1v) is 7.04. The molecule has 6 heteroatoms. The van der Waals surface area contributed by atoms with Gasteiger partial charge >= 0.3 is 0 Å². The summed E-state index contributed by atoms with van der Waals surface area (Å²) in [7, 11) is 0. The van der Waals surface area contributed by atoms with E-state index in [4.69, 9.17) is 5.73 Å². The SMILES string of the molecule is Cc1cc(Br)c(NC(=O)c2cc(N)ccn2)c(Br)c1. The van der Waals surface area contributed by atoms with E-state index in [-0.39, 0.29) is 11.6 Å². The molecule has 4 nitrogen and oxygen atoms in total. The lowest BCUT2D eigenvalue weighted by Crippen LogP contribution is -2.14. The van der Waals surface area contributed by atoms with Gasteiger partial charge in [-0.2, -0.15) is 0 Å². The van der Waals surface area contributed by atoms with Crippen molar-refractivity contribution in [2.75, 3.05) is 11.1 Å². The Hall–Kier alpha value is -1.40. The van der Waals surface area contributed by atoms with Crippen molar-refractivity contribution in [3.63, 3.8) is 0 Å². The van der Waals surface area contributed by atoms with Crippen molar-refractivity contribution >= 4 is 49.1 Å². The topological polar surface area (TPSA) is 68.0 Å². The molecule has 0 aliphatic rings. The van der Waals surface area contributed by atoms with Gasteiger partial charge in [-0.15, -0.1) is 0 Å². The molecule has 1 aromatic heterocycles. The highest BCUT2D eigenvalue weighted by Crippen LogP contribution is 2.32. The second-order valence-corrected chi connectivity index (χ2v) is 5.74. The molecule has 3 N–H and O–H groups in total. The average molecular weight is 385 g/mol. The minimum Gasteiger partial charge on any atom is -0.399 e. The van der Waals surface area contributed by atoms with Crippen LogP contribution < -0.4 is 11.1 Å². The van der Waals surface area contributed by atoms with Crippen LogP contribution in [-0.2, 0) is 0 Å². The van der Waals surface area contributed by atoms with Crippen molar-refractivity contribution in [1.82, 2.24) is 4.98 Å². The van der Waals surface area contributed by atoms with Crippen molar-refractivity contribution < 1.29 is 4.79 Å². The van der Waals surface area contributed by atoms with Crippen LogP contribution >= 0.6 is 31.9 Å². The summed E-state index contributed by atoms with van der Waals surface area (Å²) >= 11 is 6.85. The highest BCUT2D eigenvalue weighted by molar-refractivity contribution is 9.11. The maximum Gasteiger partial charge on any atom is 0.274 e. The summed E-state index contributed by atoms with van der Waals surface area (Å²) in [6.07, 6.45) is 1.50. The van der Waals surface area contributed by atoms with Gasteiger partial charge in [0.15, 0.2) is 0 Å². The zero-order valence-electron chi connectivity index (χ0n) is 10.1. The third-order valence-corrected chi connectivity index (χ3v) is 3.69. The van der Waals surface area contributed by atoms with Gasteiger partial charge in [0, 0.05) is 20.8 Å². The molecule has 1 heterocycles. The van der Waals surface area contributed by atoms with Gasteiger partial charge in [-0.3, -0.25) is 9.78 Å². The Balaban J connectivity index is 2.29. The Kier molecular flexibility index (Phi) is 4.21. The lowest BCUT2D eigenvalue weighted by atomic mass is 10.2. The van der Waals surface area contributed by atoms with Crippen molar-refractivity contribution in [3.8, 4) is 0 Å². The number of benzene rings is 1. The molecule has 1 aromatic carbocycles. The second-order valence-electron chi connectivity index (χ2n) is 4.03. The number of carbonyl (C=O) groups is 1. The standard InChI is InChI=1S/C13H11Br2N3O/c1-7-4-9(14)12(10(15)5-7)18-13(19)11-6-8(16)2-3-17-11/h2-6H,1H3,(H2,16,17)(H,18,19). The first-order valence-electron chi connectivity index (χ1n) is 5.46. The molecule has 0 fully saturated rings. The number of hydrogen-bond donors (Lipinski definition) is 2. The summed E-state index contributed by atoms with van der Waals surface area (Å²) in [4.78, 5) is 16.1. The van der Waals surface area contributed by atoms with Crippen LogP contribution in [0.5, 0.6) is 0 Å². The minimum absolute atomic E-state index is 0.277. The molecule has 2 aromatic rings. The van der Waals surface area contributed by atoms with Crippen LogP contribution in [0.25, 0.3) is 0 Å². The van der Waals surface area contributed by atoms with Crippen molar-refractivity contribution in [1.29, 1.82) is 0 Å². The van der Waals surface area contributed by atoms with Crippen molar-refractivity contribution in [2.45, 2.75) is 6.92 Å². The minimum atomic E-state index is -0.308. The Morgan fingerprint density at radius 1 is 1.26 bits per heavy atom. The van der Waals surface area contributed by atoms with Crippen LogP contribution in [0.1, 0.15) is 16.1 Å². The van der Waals surface area contributed by atoms with Gasteiger partial charge in [-0.25, -0.2) is 0 Å². The predicted octanol–water partition coefficient (Wildman–Crippen LogP) is 3.75. The zero-order chi connectivity index (χ0) is 14.0. The van der Waals surface area contributed by atoms with E-state index < -0.39 is 0 Å². The number of amides is 1. The molecule has 0 spiro atoms. The van der Waals surface area contributed by atoms with Gasteiger partial charge in [0.25, 0.3) is 5.91 Å². The van der Waals surface area contributed by atoms with Crippen molar-refractivity contribution in [2.24, 2.45) is 0 Å². The molecule has 0 saturated carbocycles. The molecule has 0 aliphatic carbocycles. The lowest BCUT2D eigenvalue weighted by molar-refractivity contribution is 0.102. The Morgan fingerprint density at radius 2 is 1.89 bits per heavy atom. The quantitative estimate of drug-likeness (QED) is 0.828. The fraction of sp³-hybridized carbons (Fsp3) is 0.0769. The summed E-state index contributed by atoms with van der Waals surface area (Å²) in [6.45, 7) is 1.97. The second kappa shape index (κ2) is 5.71. The highest BCUT2D eigenvalue weighted by atomic mass is 79.9. The van der Waals surface area contributed by atoms with Gasteiger partial charge in [-0.1, -0.05) is 0 Å². The maximum absolute atomic E-state index is 12.1. The summed E-state index contributed by atoms with van der Waals surface area (Å²) in [5.41, 5.74) is 8.16. The van der Waals surface area contributed by atoms with Gasteiger partial charge in [0.2, 0.25) is 0 Å². The number of nitrogen functional groups attached to an aromatic ring is 1. The number of anilines is 2. The predicted molar refractivity (Wildman–Crippen MR) is 83.2 cm³/mol. The number of rotatable bonds is 2. The fourth-order valence-corrected chi connectivity index (χ4v) is 3.18. The highest BCUT2D eigenvalue weighted by Gasteiger charge is 2.12. The maximum atomic E-state index is 12.1. The number of nitrogens with two attached hydrogens (primary N) is 1. The van der Waals surface area contributed by atoms with E-state index >= 15 is 0 Å². The number of halogens is 2. The summed E-state index contributed by atoms with van der Waals surface area (Å²) in [5.74, 6) is -0.308. The van der Waals surface area contributed by atoms with E-state index in [9.17, 15) is 4.79 Å². The molecule has 2 rings (SSSR count). The van der Waals surface area contributed by atoms with Crippen LogP contribution in [-0.4, -0.2) is 10.9 Å². The first-order chi connectivity index (χ1) is 8.97. The molecule has 1 amide bonds. The van der Waals surface area contributed by atoms with Gasteiger partial charge < -0.3 is 11.1 Å². The molecular weight excluding hydrogens is 374 g/mol. The monoisotopic (exact) mass is 383 g/mol. The number of aryl methyl sites for hydroxylation is 1. The molecular formula is C13H11Br2N3O. The Labute approximate surface area is 127 Å². The van der Waals surface area contributed by atoms with E-state index in [0.29, 0.717) is 11.4 Å². The zero-order valence-corrected chi connectivity index (χ0v) is 13.2. The van der Waals surface area contributed by atoms with Gasteiger partial charge in [0.1, 0.15) is 5.69 Å². The Bertz CT molecular complexity index is 621. The largest absolute Gasteiger partial charge is 0.399 e. The third-order valence-electron chi connectivity index (χ3n) is 2.44. The lowest BCUT2D eigenvalue weighted by Gasteiger charge is -2.10. The fourth-order valence-electron chi connectivity index (χ4n) is 1.57. The number of pyridine rings is 1. The van der Waals surface area contributed by atoms with Crippen LogP contribution in [0.3, 0.4) is 0 Å². The molecule has 0 saturated heterocycles. The number of nitrogens with one attached hydrogen (secondary N) is 1. The van der Waals surface area contributed by atoms with Gasteiger partial charge in [-0.05, 0) is 68.6 Å². The average Bonchev–Trinajstić information content (AvgIpc) is 2.33. The number of carbonyl (C=O) groups excluding carboxylic acids is 1. The Morgan fingerprint density at radius 3 is 2.47 bits per heavy atom. The summed E-state index contributed by atoms with van der Waals surface area (Å²) in [5, 5.41) is 2.80. The number of nitrogens with zero attached hydrogens (tertiary/aromatic N) is 1. The van der Waals surface area contributed by atoms with Crippen LogP contribution in [0, 0.1) is 6.92 Å². The molecule has 0 bridgehead atoms. The molecule has 0 aliphatic heterocycles. The van der Waals surface area contributed by atoms with Crippen LogP contribution in [0.2, 0.25) is 0 Å². The number of aromatic nitrogens is 1. The normalized spacial score (nSPS) is 10.3. The van der Waals surface area contributed by atoms with E-state index in [0.717, 1.165) is 14.5 Å². The number of hydrogen-bond acceptors (Lipinski definition) is 3. The van der Waals surface area contributed by atoms with Crippen molar-refractivity contribution in [3.05, 3.63) is 50.7 Å². The molecule has 98 valence electrons. The molecule has 0 unspecified atom stereocenters. The van der Waals surface area contributed by atoms with Crippen LogP contribution in [0.15, 0.2) is 39.4 Å². The molecule has 0 radical (unpaired) electrons.